The van der Waals surface area contributed by atoms with Crippen molar-refractivity contribution in [3.8, 4) is 0 Å². The van der Waals surface area contributed by atoms with E-state index in [1.54, 1.807) is 18.5 Å². The van der Waals surface area contributed by atoms with Gasteiger partial charge >= 0.3 is 0 Å². The molecule has 0 aliphatic carbocycles. The molecule has 0 saturated heterocycles. The Morgan fingerprint density at radius 2 is 2.10 bits per heavy atom. The van der Waals surface area contributed by atoms with Crippen molar-refractivity contribution >= 4 is 17.5 Å². The number of nitrogens with zero attached hydrogens (tertiary/aromatic N) is 2. The normalized spacial score (nSPS) is 12.2. The van der Waals surface area contributed by atoms with Crippen LogP contribution in [0.3, 0.4) is 0 Å². The van der Waals surface area contributed by atoms with Gasteiger partial charge in [-0.15, -0.1) is 0 Å². The van der Waals surface area contributed by atoms with Crippen LogP contribution in [0.15, 0.2) is 30.3 Å². The average Bonchev–Trinajstić information content (AvgIpc) is 2.74. The van der Waals surface area contributed by atoms with E-state index in [-0.39, 0.29) is 18.6 Å². The summed E-state index contributed by atoms with van der Waals surface area (Å²) < 4.78 is 1.60. The third kappa shape index (κ3) is 3.62. The summed E-state index contributed by atoms with van der Waals surface area (Å²) in [7, 11) is 0. The maximum atomic E-state index is 12.2. The number of hydrogen-bond acceptors (Lipinski definition) is 3. The second kappa shape index (κ2) is 6.74. The predicted molar refractivity (Wildman–Crippen MR) is 81.5 cm³/mol. The van der Waals surface area contributed by atoms with E-state index in [4.69, 9.17) is 16.7 Å². The molecule has 2 N–H and O–H groups in total. The number of nitrogens with one attached hydrogen (secondary N) is 1. The highest BCUT2D eigenvalue weighted by atomic mass is 35.5. The van der Waals surface area contributed by atoms with E-state index in [2.05, 4.69) is 10.4 Å². The van der Waals surface area contributed by atoms with Crippen LogP contribution < -0.4 is 5.32 Å². The van der Waals surface area contributed by atoms with Gasteiger partial charge in [-0.05, 0) is 19.4 Å². The van der Waals surface area contributed by atoms with Crippen LogP contribution in [0, 0.1) is 6.92 Å². The van der Waals surface area contributed by atoms with Gasteiger partial charge < -0.3 is 10.4 Å². The first-order chi connectivity index (χ1) is 10.0. The molecule has 112 valence electrons. The van der Waals surface area contributed by atoms with Crippen LogP contribution in [0.5, 0.6) is 0 Å². The standard InChI is InChI=1S/C15H18ClN3O2/c1-10(9-20)17-15(21)13-11(2)18-19(14(13)16)8-12-6-4-3-5-7-12/h3-7,10,20H,8-9H2,1-2H3,(H,17,21)/t10-/m1/s1. The summed E-state index contributed by atoms with van der Waals surface area (Å²) in [6, 6.07) is 9.44. The molecule has 5 nitrogen and oxygen atoms in total. The predicted octanol–water partition coefficient (Wildman–Crippen LogP) is 2.00. The monoisotopic (exact) mass is 307 g/mol. The van der Waals surface area contributed by atoms with Crippen molar-refractivity contribution in [3.05, 3.63) is 52.3 Å². The number of aliphatic hydroxyl groups is 1. The summed E-state index contributed by atoms with van der Waals surface area (Å²) in [6.07, 6.45) is 0. The molecule has 2 rings (SSSR count). The van der Waals surface area contributed by atoms with E-state index >= 15 is 0 Å². The van der Waals surface area contributed by atoms with E-state index in [1.807, 2.05) is 30.3 Å². The van der Waals surface area contributed by atoms with E-state index in [0.717, 1.165) is 5.56 Å². The molecule has 0 aliphatic heterocycles. The van der Waals surface area contributed by atoms with E-state index in [9.17, 15) is 4.79 Å². The molecule has 0 unspecified atom stereocenters. The number of halogens is 1. The van der Waals surface area contributed by atoms with E-state index < -0.39 is 0 Å². The number of hydrogen-bond donors (Lipinski definition) is 2. The lowest BCUT2D eigenvalue weighted by atomic mass is 10.2. The molecular formula is C15H18ClN3O2. The maximum Gasteiger partial charge on any atom is 0.256 e. The fraction of sp³-hybridized carbons (Fsp3) is 0.333. The summed E-state index contributed by atoms with van der Waals surface area (Å²) in [5, 5.41) is 16.3. The van der Waals surface area contributed by atoms with Crippen molar-refractivity contribution in [2.24, 2.45) is 0 Å². The molecule has 21 heavy (non-hydrogen) atoms. The zero-order chi connectivity index (χ0) is 15.4. The molecule has 1 amide bonds. The summed E-state index contributed by atoms with van der Waals surface area (Å²) >= 11 is 6.28. The van der Waals surface area contributed by atoms with Crippen molar-refractivity contribution in [1.82, 2.24) is 15.1 Å². The lowest BCUT2D eigenvalue weighted by Crippen LogP contribution is -2.35. The van der Waals surface area contributed by atoms with Crippen LogP contribution in [0.25, 0.3) is 0 Å². The first kappa shape index (κ1) is 15.5. The Bertz CT molecular complexity index is 625. The number of rotatable bonds is 5. The highest BCUT2D eigenvalue weighted by molar-refractivity contribution is 6.33. The Kier molecular flexibility index (Phi) is 4.98. The number of amides is 1. The Labute approximate surface area is 128 Å². The van der Waals surface area contributed by atoms with Gasteiger partial charge in [-0.2, -0.15) is 5.10 Å². The number of benzene rings is 1. The van der Waals surface area contributed by atoms with Gasteiger partial charge in [0, 0.05) is 6.04 Å². The van der Waals surface area contributed by atoms with Gasteiger partial charge in [0.2, 0.25) is 0 Å². The summed E-state index contributed by atoms with van der Waals surface area (Å²) in [5.41, 5.74) is 1.98. The molecule has 0 fully saturated rings. The van der Waals surface area contributed by atoms with Crippen LogP contribution in [-0.2, 0) is 6.54 Å². The minimum absolute atomic E-state index is 0.124. The third-order valence-electron chi connectivity index (χ3n) is 3.12. The molecule has 1 aromatic heterocycles. The molecule has 1 atom stereocenters. The number of aromatic nitrogens is 2. The average molecular weight is 308 g/mol. The highest BCUT2D eigenvalue weighted by Gasteiger charge is 2.21. The molecule has 2 aromatic rings. The van der Waals surface area contributed by atoms with Crippen LogP contribution in [0.1, 0.15) is 28.5 Å². The summed E-state index contributed by atoms with van der Waals surface area (Å²) in [4.78, 5) is 12.2. The van der Waals surface area contributed by atoms with Crippen molar-refractivity contribution in [2.75, 3.05) is 6.61 Å². The second-order valence-electron chi connectivity index (χ2n) is 4.95. The van der Waals surface area contributed by atoms with Gasteiger partial charge in [0.1, 0.15) is 5.15 Å². The topological polar surface area (TPSA) is 67.2 Å². The zero-order valence-corrected chi connectivity index (χ0v) is 12.8. The van der Waals surface area contributed by atoms with Gasteiger partial charge in [-0.25, -0.2) is 4.68 Å². The van der Waals surface area contributed by atoms with Crippen molar-refractivity contribution in [2.45, 2.75) is 26.4 Å². The lowest BCUT2D eigenvalue weighted by Gasteiger charge is -2.10. The first-order valence-corrected chi connectivity index (χ1v) is 7.09. The number of carbonyl (C=O) groups is 1. The minimum atomic E-state index is -0.328. The Morgan fingerprint density at radius 3 is 2.71 bits per heavy atom. The number of carbonyl (C=O) groups excluding carboxylic acids is 1. The smallest absolute Gasteiger partial charge is 0.256 e. The van der Waals surface area contributed by atoms with Crippen molar-refractivity contribution < 1.29 is 9.90 Å². The quantitative estimate of drug-likeness (QED) is 0.888. The first-order valence-electron chi connectivity index (χ1n) is 6.71. The van der Waals surface area contributed by atoms with Crippen LogP contribution >= 0.6 is 11.6 Å². The largest absolute Gasteiger partial charge is 0.394 e. The van der Waals surface area contributed by atoms with Crippen LogP contribution in [0.2, 0.25) is 5.15 Å². The van der Waals surface area contributed by atoms with Gasteiger partial charge in [0.05, 0.1) is 24.4 Å². The van der Waals surface area contributed by atoms with Crippen molar-refractivity contribution in [3.63, 3.8) is 0 Å². The van der Waals surface area contributed by atoms with Crippen molar-refractivity contribution in [1.29, 1.82) is 0 Å². The van der Waals surface area contributed by atoms with Gasteiger partial charge in [0.15, 0.2) is 0 Å². The molecule has 0 aliphatic rings. The summed E-state index contributed by atoms with van der Waals surface area (Å²) in [6.45, 7) is 3.84. The molecule has 0 bridgehead atoms. The SMILES string of the molecule is Cc1nn(Cc2ccccc2)c(Cl)c1C(=O)N[C@H](C)CO. The van der Waals surface area contributed by atoms with Crippen LogP contribution in [0.4, 0.5) is 0 Å². The van der Waals surface area contributed by atoms with E-state index in [0.29, 0.717) is 23.0 Å². The fourth-order valence-electron chi connectivity index (χ4n) is 2.01. The summed E-state index contributed by atoms with van der Waals surface area (Å²) in [5.74, 6) is -0.321. The molecule has 6 heteroatoms. The van der Waals surface area contributed by atoms with E-state index in [1.165, 1.54) is 0 Å². The fourth-order valence-corrected chi connectivity index (χ4v) is 2.33. The van der Waals surface area contributed by atoms with Gasteiger partial charge in [-0.3, -0.25) is 4.79 Å². The lowest BCUT2D eigenvalue weighted by molar-refractivity contribution is 0.0922. The molecule has 1 heterocycles. The molecular weight excluding hydrogens is 290 g/mol. The Morgan fingerprint density at radius 1 is 1.43 bits per heavy atom. The Hall–Kier alpha value is -1.85. The second-order valence-corrected chi connectivity index (χ2v) is 5.31. The third-order valence-corrected chi connectivity index (χ3v) is 3.50. The Balaban J connectivity index is 2.23. The minimum Gasteiger partial charge on any atom is -0.394 e. The zero-order valence-electron chi connectivity index (χ0n) is 12.0. The highest BCUT2D eigenvalue weighted by Crippen LogP contribution is 2.21. The van der Waals surface area contributed by atoms with Crippen LogP contribution in [-0.4, -0.2) is 33.4 Å². The maximum absolute atomic E-state index is 12.2. The molecule has 1 aromatic carbocycles. The molecule has 0 radical (unpaired) electrons. The van der Waals surface area contributed by atoms with Gasteiger partial charge in [-0.1, -0.05) is 41.9 Å². The molecule has 0 saturated carbocycles. The van der Waals surface area contributed by atoms with Gasteiger partial charge in [0.25, 0.3) is 5.91 Å². The number of aliphatic hydroxyl groups excluding tert-OH is 1. The molecule has 0 spiro atoms. The number of aryl methyl sites for hydroxylation is 1.